The van der Waals surface area contributed by atoms with Crippen LogP contribution in [0.5, 0.6) is 0 Å². The number of hydrogen-bond donors (Lipinski definition) is 2. The molecule has 2 aliphatic carbocycles. The van der Waals surface area contributed by atoms with E-state index in [4.69, 9.17) is 5.10 Å². The molecule has 0 fully saturated rings. The van der Waals surface area contributed by atoms with Crippen LogP contribution in [0, 0.1) is 0 Å². The fourth-order valence-corrected chi connectivity index (χ4v) is 5.29. The lowest BCUT2D eigenvalue weighted by Crippen LogP contribution is -2.31. The molecule has 6 heteroatoms. The van der Waals surface area contributed by atoms with Gasteiger partial charge in [0.15, 0.2) is 0 Å². The zero-order valence-electron chi connectivity index (χ0n) is 20.1. The Bertz CT molecular complexity index is 1130. The molecular formula is C27H35N5O. The number of aryl methyl sites for hydroxylation is 2. The molecule has 0 aliphatic heterocycles. The number of carbonyl (C=O) groups is 1. The predicted octanol–water partition coefficient (Wildman–Crippen LogP) is 4.90. The van der Waals surface area contributed by atoms with Crippen LogP contribution < -0.4 is 5.32 Å². The van der Waals surface area contributed by atoms with Crippen molar-refractivity contribution in [3.05, 3.63) is 64.2 Å². The van der Waals surface area contributed by atoms with Gasteiger partial charge >= 0.3 is 0 Å². The van der Waals surface area contributed by atoms with Crippen LogP contribution in [-0.4, -0.2) is 25.9 Å². The summed E-state index contributed by atoms with van der Waals surface area (Å²) in [5, 5.41) is 15.7. The number of rotatable bonds is 5. The topological polar surface area (TPSA) is 75.6 Å². The van der Waals surface area contributed by atoms with Crippen molar-refractivity contribution in [3.8, 4) is 5.69 Å². The molecule has 6 nitrogen and oxygen atoms in total. The fourth-order valence-electron chi connectivity index (χ4n) is 5.29. The summed E-state index contributed by atoms with van der Waals surface area (Å²) in [5.41, 5.74) is 8.62. The number of fused-ring (bicyclic) bond motifs is 2. The van der Waals surface area contributed by atoms with Gasteiger partial charge in [-0.3, -0.25) is 9.89 Å². The first-order valence-corrected chi connectivity index (χ1v) is 12.4. The second kappa shape index (κ2) is 8.81. The molecule has 0 spiro atoms. The minimum Gasteiger partial charge on any atom is -0.349 e. The van der Waals surface area contributed by atoms with Gasteiger partial charge in [0.25, 0.3) is 0 Å². The van der Waals surface area contributed by atoms with E-state index in [2.05, 4.69) is 65.2 Å². The van der Waals surface area contributed by atoms with Crippen molar-refractivity contribution in [2.24, 2.45) is 0 Å². The van der Waals surface area contributed by atoms with E-state index in [0.717, 1.165) is 49.0 Å². The summed E-state index contributed by atoms with van der Waals surface area (Å²) >= 11 is 0. The number of benzene rings is 1. The minimum absolute atomic E-state index is 0.0388. The zero-order valence-corrected chi connectivity index (χ0v) is 20.1. The lowest BCUT2D eigenvalue weighted by atomic mass is 9.87. The SMILES string of the molecule is CC(C)(C)c1ccc(-n2ncc3c2CCC[C@@H]3NC(=O)CCc2n[nH]c3c2CCCC3)cc1. The van der Waals surface area contributed by atoms with Crippen LogP contribution in [-0.2, 0) is 35.9 Å². The molecule has 0 unspecified atom stereocenters. The number of carbonyl (C=O) groups excluding carboxylic acids is 1. The number of nitrogens with zero attached hydrogens (tertiary/aromatic N) is 3. The lowest BCUT2D eigenvalue weighted by Gasteiger charge is -2.24. The molecule has 1 amide bonds. The highest BCUT2D eigenvalue weighted by molar-refractivity contribution is 5.76. The third kappa shape index (κ3) is 4.48. The number of aromatic amines is 1. The van der Waals surface area contributed by atoms with Gasteiger partial charge < -0.3 is 5.32 Å². The minimum atomic E-state index is 0.0388. The van der Waals surface area contributed by atoms with Crippen molar-refractivity contribution < 1.29 is 4.79 Å². The van der Waals surface area contributed by atoms with Crippen LogP contribution in [0.2, 0.25) is 0 Å². The number of hydrogen-bond acceptors (Lipinski definition) is 3. The summed E-state index contributed by atoms with van der Waals surface area (Å²) in [6.07, 6.45) is 10.8. The summed E-state index contributed by atoms with van der Waals surface area (Å²) in [6, 6.07) is 8.73. The summed E-state index contributed by atoms with van der Waals surface area (Å²) < 4.78 is 2.05. The predicted molar refractivity (Wildman–Crippen MR) is 130 cm³/mol. The van der Waals surface area contributed by atoms with E-state index in [1.54, 1.807) is 0 Å². The largest absolute Gasteiger partial charge is 0.349 e. The van der Waals surface area contributed by atoms with Gasteiger partial charge in [-0.15, -0.1) is 0 Å². The summed E-state index contributed by atoms with van der Waals surface area (Å²) in [4.78, 5) is 12.8. The Balaban J connectivity index is 1.26. The molecule has 0 radical (unpaired) electrons. The van der Waals surface area contributed by atoms with E-state index in [9.17, 15) is 4.79 Å². The molecular weight excluding hydrogens is 410 g/mol. The Morgan fingerprint density at radius 2 is 1.91 bits per heavy atom. The quantitative estimate of drug-likeness (QED) is 0.587. The molecule has 2 aromatic heterocycles. The van der Waals surface area contributed by atoms with Crippen molar-refractivity contribution in [1.82, 2.24) is 25.3 Å². The fraction of sp³-hybridized carbons (Fsp3) is 0.519. The number of H-pyrrole nitrogens is 1. The molecule has 2 aliphatic rings. The summed E-state index contributed by atoms with van der Waals surface area (Å²) in [7, 11) is 0. The molecule has 33 heavy (non-hydrogen) atoms. The Kier molecular flexibility index (Phi) is 5.85. The van der Waals surface area contributed by atoms with Crippen molar-refractivity contribution >= 4 is 5.91 Å². The van der Waals surface area contributed by atoms with E-state index < -0.39 is 0 Å². The van der Waals surface area contributed by atoms with Gasteiger partial charge in [0.1, 0.15) is 0 Å². The van der Waals surface area contributed by atoms with E-state index in [1.807, 2.05) is 6.20 Å². The van der Waals surface area contributed by atoms with Crippen LogP contribution in [0.1, 0.15) is 92.7 Å². The molecule has 0 saturated heterocycles. The van der Waals surface area contributed by atoms with E-state index in [-0.39, 0.29) is 17.4 Å². The van der Waals surface area contributed by atoms with Gasteiger partial charge in [-0.2, -0.15) is 10.2 Å². The Morgan fingerprint density at radius 1 is 1.12 bits per heavy atom. The molecule has 174 valence electrons. The first kappa shape index (κ1) is 21.9. The maximum absolute atomic E-state index is 12.8. The average molecular weight is 446 g/mol. The highest BCUT2D eigenvalue weighted by Gasteiger charge is 2.26. The van der Waals surface area contributed by atoms with Gasteiger partial charge in [0, 0.05) is 29.8 Å². The molecule has 1 aromatic carbocycles. The third-order valence-electron chi connectivity index (χ3n) is 7.23. The molecule has 0 saturated carbocycles. The first-order valence-electron chi connectivity index (χ1n) is 12.4. The van der Waals surface area contributed by atoms with Gasteiger partial charge in [0.2, 0.25) is 5.91 Å². The average Bonchev–Trinajstić information content (AvgIpc) is 3.42. The molecule has 0 bridgehead atoms. The first-order chi connectivity index (χ1) is 15.9. The Labute approximate surface area is 196 Å². The van der Waals surface area contributed by atoms with Crippen LogP contribution >= 0.6 is 0 Å². The highest BCUT2D eigenvalue weighted by atomic mass is 16.1. The number of aromatic nitrogens is 4. The van der Waals surface area contributed by atoms with E-state index >= 15 is 0 Å². The van der Waals surface area contributed by atoms with Crippen LogP contribution in [0.3, 0.4) is 0 Å². The zero-order chi connectivity index (χ0) is 23.0. The third-order valence-corrected chi connectivity index (χ3v) is 7.23. The van der Waals surface area contributed by atoms with Gasteiger partial charge in [-0.1, -0.05) is 32.9 Å². The van der Waals surface area contributed by atoms with Crippen LogP contribution in [0.4, 0.5) is 0 Å². The number of amides is 1. The highest BCUT2D eigenvalue weighted by Crippen LogP contribution is 2.32. The molecule has 3 aromatic rings. The maximum Gasteiger partial charge on any atom is 0.220 e. The molecule has 2 N–H and O–H groups in total. The van der Waals surface area contributed by atoms with Crippen LogP contribution in [0.15, 0.2) is 30.5 Å². The second-order valence-corrected chi connectivity index (χ2v) is 10.6. The Morgan fingerprint density at radius 3 is 2.70 bits per heavy atom. The summed E-state index contributed by atoms with van der Waals surface area (Å²) in [5.74, 6) is 0.0997. The molecule has 5 rings (SSSR count). The van der Waals surface area contributed by atoms with E-state index in [0.29, 0.717) is 12.8 Å². The standard InChI is InChI=1S/C27H35N5O/c1-27(2,3)18-11-13-19(14-12-18)32-25-10-6-9-22(21(25)17-28-32)29-26(33)16-15-24-20-7-4-5-8-23(20)30-31-24/h11-14,17,22H,4-10,15-16H2,1-3H3,(H,29,33)(H,30,31)/t22-/m0/s1. The second-order valence-electron chi connectivity index (χ2n) is 10.6. The van der Waals surface area contributed by atoms with Gasteiger partial charge in [0.05, 0.1) is 23.6 Å². The van der Waals surface area contributed by atoms with E-state index in [1.165, 1.54) is 35.4 Å². The van der Waals surface area contributed by atoms with Crippen molar-refractivity contribution in [2.45, 2.75) is 90.0 Å². The molecule has 1 atom stereocenters. The van der Waals surface area contributed by atoms with Crippen molar-refractivity contribution in [2.75, 3.05) is 0 Å². The summed E-state index contributed by atoms with van der Waals surface area (Å²) in [6.45, 7) is 6.68. The maximum atomic E-state index is 12.8. The monoisotopic (exact) mass is 445 g/mol. The Hall–Kier alpha value is -2.89. The van der Waals surface area contributed by atoms with Gasteiger partial charge in [-0.25, -0.2) is 4.68 Å². The van der Waals surface area contributed by atoms with Crippen molar-refractivity contribution in [3.63, 3.8) is 0 Å². The number of nitrogens with one attached hydrogen (secondary N) is 2. The molecule has 2 heterocycles. The van der Waals surface area contributed by atoms with Crippen LogP contribution in [0.25, 0.3) is 5.69 Å². The normalized spacial score (nSPS) is 18.0. The van der Waals surface area contributed by atoms with Crippen molar-refractivity contribution in [1.29, 1.82) is 0 Å². The van der Waals surface area contributed by atoms with Gasteiger partial charge in [-0.05, 0) is 73.6 Å². The smallest absolute Gasteiger partial charge is 0.220 e. The lowest BCUT2D eigenvalue weighted by molar-refractivity contribution is -0.121.